The van der Waals surface area contributed by atoms with Gasteiger partial charge in [-0.05, 0) is 6.42 Å². The van der Waals surface area contributed by atoms with Crippen LogP contribution in [0.2, 0.25) is 0 Å². The van der Waals surface area contributed by atoms with Crippen LogP contribution in [0.15, 0.2) is 42.7 Å². The molecular formula is C15H18N2O2. The van der Waals surface area contributed by atoms with Gasteiger partial charge in [0.1, 0.15) is 11.9 Å². The highest BCUT2D eigenvalue weighted by Gasteiger charge is 2.21. The Morgan fingerprint density at radius 2 is 2.11 bits per heavy atom. The molecule has 0 amide bonds. The minimum absolute atomic E-state index is 0.544. The summed E-state index contributed by atoms with van der Waals surface area (Å²) in [7, 11) is 0. The van der Waals surface area contributed by atoms with E-state index in [1.807, 2.05) is 30.3 Å². The number of rotatable bonds is 6. The Morgan fingerprint density at radius 1 is 1.37 bits per heavy atom. The summed E-state index contributed by atoms with van der Waals surface area (Å²) in [5.74, 6) is -0.0901. The van der Waals surface area contributed by atoms with Gasteiger partial charge in [0.2, 0.25) is 0 Å². The molecule has 0 radical (unpaired) electrons. The van der Waals surface area contributed by atoms with Crippen LogP contribution in [-0.2, 0) is 4.79 Å². The first kappa shape index (κ1) is 13.3. The summed E-state index contributed by atoms with van der Waals surface area (Å²) >= 11 is 0. The zero-order valence-electron chi connectivity index (χ0n) is 11.0. The molecule has 1 unspecified atom stereocenters. The molecule has 2 rings (SSSR count). The van der Waals surface area contributed by atoms with Crippen molar-refractivity contribution in [1.82, 2.24) is 9.55 Å². The van der Waals surface area contributed by atoms with Crippen LogP contribution in [0.4, 0.5) is 0 Å². The summed E-state index contributed by atoms with van der Waals surface area (Å²) in [4.78, 5) is 15.7. The quantitative estimate of drug-likeness (QED) is 0.864. The number of aromatic nitrogens is 2. The molecule has 1 atom stereocenters. The Labute approximate surface area is 112 Å². The normalized spacial score (nSPS) is 12.3. The molecule has 0 fully saturated rings. The molecule has 0 aliphatic rings. The lowest BCUT2D eigenvalue weighted by Gasteiger charge is -2.16. The molecule has 1 aromatic heterocycles. The number of carboxylic acid groups (broad SMARTS) is 1. The van der Waals surface area contributed by atoms with Gasteiger partial charge in [0.05, 0.1) is 0 Å². The summed E-state index contributed by atoms with van der Waals surface area (Å²) in [6.07, 6.45) is 5.91. The van der Waals surface area contributed by atoms with Gasteiger partial charge >= 0.3 is 5.97 Å². The zero-order valence-corrected chi connectivity index (χ0v) is 11.0. The van der Waals surface area contributed by atoms with Crippen LogP contribution < -0.4 is 0 Å². The predicted octanol–water partition coefficient (Wildman–Crippen LogP) is 3.37. The molecule has 0 aliphatic carbocycles. The Balaban J connectivity index is 2.34. The number of unbranched alkanes of at least 4 members (excludes halogenated alkanes) is 1. The molecule has 100 valence electrons. The van der Waals surface area contributed by atoms with Crippen molar-refractivity contribution in [2.45, 2.75) is 32.2 Å². The number of carboxylic acids is 1. The van der Waals surface area contributed by atoms with Crippen LogP contribution in [0.5, 0.6) is 0 Å². The molecule has 0 saturated heterocycles. The van der Waals surface area contributed by atoms with Crippen LogP contribution in [0, 0.1) is 0 Å². The second-order valence-corrected chi connectivity index (χ2v) is 4.52. The molecule has 0 bridgehead atoms. The molecule has 4 nitrogen and oxygen atoms in total. The summed E-state index contributed by atoms with van der Waals surface area (Å²) in [6, 6.07) is 9.13. The van der Waals surface area contributed by atoms with E-state index >= 15 is 0 Å². The molecule has 4 heteroatoms. The summed E-state index contributed by atoms with van der Waals surface area (Å²) < 4.78 is 1.76. The molecule has 0 saturated carbocycles. The van der Waals surface area contributed by atoms with E-state index in [1.165, 1.54) is 0 Å². The first-order valence-electron chi connectivity index (χ1n) is 6.55. The van der Waals surface area contributed by atoms with Crippen molar-refractivity contribution in [2.75, 3.05) is 0 Å². The number of imidazole rings is 1. The summed E-state index contributed by atoms with van der Waals surface area (Å²) in [5, 5.41) is 9.39. The van der Waals surface area contributed by atoms with Crippen LogP contribution in [0.1, 0.15) is 32.2 Å². The van der Waals surface area contributed by atoms with Gasteiger partial charge in [-0.15, -0.1) is 0 Å². The number of hydrogen-bond acceptors (Lipinski definition) is 2. The van der Waals surface area contributed by atoms with E-state index < -0.39 is 12.0 Å². The molecule has 1 aromatic carbocycles. The largest absolute Gasteiger partial charge is 0.480 e. The molecule has 0 spiro atoms. The highest BCUT2D eigenvalue weighted by Crippen LogP contribution is 2.24. The van der Waals surface area contributed by atoms with Gasteiger partial charge < -0.3 is 9.67 Å². The second kappa shape index (κ2) is 6.18. The van der Waals surface area contributed by atoms with E-state index in [9.17, 15) is 9.90 Å². The Morgan fingerprint density at radius 3 is 2.74 bits per heavy atom. The average molecular weight is 258 g/mol. The Bertz CT molecular complexity index is 534. The number of carbonyl (C=O) groups is 1. The van der Waals surface area contributed by atoms with Gasteiger partial charge in [-0.2, -0.15) is 0 Å². The maximum absolute atomic E-state index is 11.4. The Hall–Kier alpha value is -2.10. The van der Waals surface area contributed by atoms with Gasteiger partial charge in [0.25, 0.3) is 0 Å². The van der Waals surface area contributed by atoms with Crippen molar-refractivity contribution in [3.63, 3.8) is 0 Å². The topological polar surface area (TPSA) is 55.1 Å². The predicted molar refractivity (Wildman–Crippen MR) is 73.9 cm³/mol. The number of hydrogen-bond donors (Lipinski definition) is 1. The van der Waals surface area contributed by atoms with E-state index in [-0.39, 0.29) is 0 Å². The lowest BCUT2D eigenvalue weighted by Crippen LogP contribution is -2.19. The van der Waals surface area contributed by atoms with Crippen molar-refractivity contribution in [2.24, 2.45) is 0 Å². The monoisotopic (exact) mass is 258 g/mol. The lowest BCUT2D eigenvalue weighted by molar-refractivity contribution is -0.141. The van der Waals surface area contributed by atoms with E-state index in [4.69, 9.17) is 0 Å². The fourth-order valence-corrected chi connectivity index (χ4v) is 2.15. The van der Waals surface area contributed by atoms with E-state index in [2.05, 4.69) is 11.9 Å². The molecule has 1 N–H and O–H groups in total. The van der Waals surface area contributed by atoms with Crippen molar-refractivity contribution in [1.29, 1.82) is 0 Å². The zero-order chi connectivity index (χ0) is 13.7. The minimum atomic E-state index is -0.802. The number of aliphatic carboxylic acids is 1. The number of benzene rings is 1. The van der Waals surface area contributed by atoms with E-state index in [1.54, 1.807) is 17.0 Å². The van der Waals surface area contributed by atoms with Gasteiger partial charge in [-0.25, -0.2) is 9.78 Å². The third-order valence-corrected chi connectivity index (χ3v) is 3.15. The molecule has 0 aliphatic heterocycles. The smallest absolute Gasteiger partial charge is 0.326 e. The van der Waals surface area contributed by atoms with Gasteiger partial charge in [-0.1, -0.05) is 50.1 Å². The maximum Gasteiger partial charge on any atom is 0.326 e. The molecule has 1 heterocycles. The molecule has 2 aromatic rings. The van der Waals surface area contributed by atoms with Gasteiger partial charge in [-0.3, -0.25) is 0 Å². The second-order valence-electron chi connectivity index (χ2n) is 4.52. The SMILES string of the molecule is CCCCC(C(=O)O)n1ccnc1-c1ccccc1. The van der Waals surface area contributed by atoms with Crippen LogP contribution in [0.3, 0.4) is 0 Å². The number of nitrogens with zero attached hydrogens (tertiary/aromatic N) is 2. The van der Waals surface area contributed by atoms with Crippen molar-refractivity contribution < 1.29 is 9.90 Å². The van der Waals surface area contributed by atoms with Gasteiger partial charge in [0, 0.05) is 18.0 Å². The average Bonchev–Trinajstić information content (AvgIpc) is 2.89. The van der Waals surface area contributed by atoms with Crippen molar-refractivity contribution >= 4 is 5.97 Å². The molecule has 19 heavy (non-hydrogen) atoms. The maximum atomic E-state index is 11.4. The van der Waals surface area contributed by atoms with Crippen molar-refractivity contribution in [3.8, 4) is 11.4 Å². The van der Waals surface area contributed by atoms with Crippen LogP contribution in [0.25, 0.3) is 11.4 Å². The standard InChI is InChI=1S/C15H18N2O2/c1-2-3-9-13(15(18)19)17-11-10-16-14(17)12-7-5-4-6-8-12/h4-8,10-11,13H,2-3,9H2,1H3,(H,18,19). The fourth-order valence-electron chi connectivity index (χ4n) is 2.15. The fraction of sp³-hybridized carbons (Fsp3) is 0.333. The molecular weight excluding hydrogens is 240 g/mol. The third-order valence-electron chi connectivity index (χ3n) is 3.15. The van der Waals surface area contributed by atoms with Crippen LogP contribution in [-0.4, -0.2) is 20.6 Å². The first-order chi connectivity index (χ1) is 9.24. The third kappa shape index (κ3) is 3.02. The lowest BCUT2D eigenvalue weighted by atomic mass is 10.1. The van der Waals surface area contributed by atoms with Crippen molar-refractivity contribution in [3.05, 3.63) is 42.7 Å². The van der Waals surface area contributed by atoms with Gasteiger partial charge in [0.15, 0.2) is 0 Å². The van der Waals surface area contributed by atoms with E-state index in [0.29, 0.717) is 12.2 Å². The minimum Gasteiger partial charge on any atom is -0.480 e. The highest BCUT2D eigenvalue weighted by molar-refractivity contribution is 5.73. The Kier molecular flexibility index (Phi) is 4.34. The first-order valence-corrected chi connectivity index (χ1v) is 6.55. The summed E-state index contributed by atoms with van der Waals surface area (Å²) in [5.41, 5.74) is 0.940. The highest BCUT2D eigenvalue weighted by atomic mass is 16.4. The van der Waals surface area contributed by atoms with E-state index in [0.717, 1.165) is 18.4 Å². The van der Waals surface area contributed by atoms with Crippen LogP contribution >= 0.6 is 0 Å². The summed E-state index contributed by atoms with van der Waals surface area (Å²) in [6.45, 7) is 2.06.